The van der Waals surface area contributed by atoms with Crippen molar-refractivity contribution in [2.75, 3.05) is 13.2 Å². The lowest BCUT2D eigenvalue weighted by molar-refractivity contribution is 0.329. The highest BCUT2D eigenvalue weighted by Gasteiger charge is 1.98. The van der Waals surface area contributed by atoms with E-state index in [0.717, 1.165) is 11.1 Å². The molecule has 0 atom stereocenters. The van der Waals surface area contributed by atoms with E-state index in [9.17, 15) is 0 Å². The third-order valence-corrected chi connectivity index (χ3v) is 2.49. The van der Waals surface area contributed by atoms with Crippen molar-refractivity contribution in [3.8, 4) is 5.75 Å². The molecule has 0 bridgehead atoms. The van der Waals surface area contributed by atoms with Crippen LogP contribution in [-0.2, 0) is 0 Å². The zero-order valence-electron chi connectivity index (χ0n) is 7.06. The summed E-state index contributed by atoms with van der Waals surface area (Å²) in [4.78, 5) is 0. The first-order valence-electron chi connectivity index (χ1n) is 4.07. The number of rotatable bonds is 3. The fraction of sp³-hybridized carbons (Fsp3) is 0.222. The van der Waals surface area contributed by atoms with Gasteiger partial charge in [-0.05, 0) is 29.7 Å². The summed E-state index contributed by atoms with van der Waals surface area (Å²) in [5, 5.41) is 1.12. The molecule has 0 saturated carbocycles. The molecular weight excluding hydrogens is 184 g/mol. The van der Waals surface area contributed by atoms with Gasteiger partial charge < -0.3 is 10.5 Å². The molecular formula is C9H10N2OS. The molecule has 13 heavy (non-hydrogen) atoms. The van der Waals surface area contributed by atoms with Crippen LogP contribution in [0.15, 0.2) is 24.4 Å². The van der Waals surface area contributed by atoms with Gasteiger partial charge in [0.1, 0.15) is 12.4 Å². The SMILES string of the molecule is NCCOc1ccc2sncc2c1. The van der Waals surface area contributed by atoms with Gasteiger partial charge in [0.2, 0.25) is 0 Å². The molecule has 0 aliphatic heterocycles. The monoisotopic (exact) mass is 194 g/mol. The Labute approximate surface area is 80.3 Å². The predicted octanol–water partition coefficient (Wildman–Crippen LogP) is 1.63. The molecule has 1 heterocycles. The first-order chi connectivity index (χ1) is 6.40. The van der Waals surface area contributed by atoms with Gasteiger partial charge in [-0.3, -0.25) is 0 Å². The van der Waals surface area contributed by atoms with Crippen LogP contribution in [0, 0.1) is 0 Å². The molecule has 2 rings (SSSR count). The molecule has 0 fully saturated rings. The van der Waals surface area contributed by atoms with Gasteiger partial charge in [-0.2, -0.15) is 4.37 Å². The molecule has 0 saturated heterocycles. The molecule has 0 amide bonds. The molecule has 1 aromatic heterocycles. The zero-order valence-corrected chi connectivity index (χ0v) is 7.88. The molecule has 0 radical (unpaired) electrons. The van der Waals surface area contributed by atoms with Crippen molar-refractivity contribution in [3.63, 3.8) is 0 Å². The number of hydrogen-bond donors (Lipinski definition) is 1. The number of ether oxygens (including phenoxy) is 1. The maximum absolute atomic E-state index is 5.38. The Balaban J connectivity index is 2.26. The van der Waals surface area contributed by atoms with E-state index >= 15 is 0 Å². The molecule has 4 heteroatoms. The fourth-order valence-electron chi connectivity index (χ4n) is 1.12. The summed E-state index contributed by atoms with van der Waals surface area (Å²) in [7, 11) is 0. The van der Waals surface area contributed by atoms with Gasteiger partial charge in [-0.15, -0.1) is 0 Å². The van der Waals surface area contributed by atoms with E-state index in [1.165, 1.54) is 16.2 Å². The number of benzene rings is 1. The van der Waals surface area contributed by atoms with Gasteiger partial charge in [0.05, 0.1) is 4.70 Å². The largest absolute Gasteiger partial charge is 0.492 e. The van der Waals surface area contributed by atoms with Crippen LogP contribution in [0.1, 0.15) is 0 Å². The second-order valence-corrected chi connectivity index (χ2v) is 3.50. The predicted molar refractivity (Wildman–Crippen MR) is 54.2 cm³/mol. The molecule has 3 nitrogen and oxygen atoms in total. The molecule has 0 spiro atoms. The summed E-state index contributed by atoms with van der Waals surface area (Å²) in [6.45, 7) is 1.10. The fourth-order valence-corrected chi connectivity index (χ4v) is 1.74. The van der Waals surface area contributed by atoms with E-state index in [4.69, 9.17) is 10.5 Å². The number of fused-ring (bicyclic) bond motifs is 1. The van der Waals surface area contributed by atoms with E-state index < -0.39 is 0 Å². The van der Waals surface area contributed by atoms with Crippen LogP contribution < -0.4 is 10.5 Å². The lowest BCUT2D eigenvalue weighted by Gasteiger charge is -2.02. The summed E-state index contributed by atoms with van der Waals surface area (Å²) >= 11 is 1.49. The summed E-state index contributed by atoms with van der Waals surface area (Å²) in [5.74, 6) is 0.859. The maximum atomic E-state index is 5.38. The highest BCUT2D eigenvalue weighted by Crippen LogP contribution is 2.22. The quantitative estimate of drug-likeness (QED) is 0.808. The zero-order chi connectivity index (χ0) is 9.10. The van der Waals surface area contributed by atoms with Crippen molar-refractivity contribution in [1.29, 1.82) is 0 Å². The molecule has 2 aromatic rings. The average molecular weight is 194 g/mol. The Morgan fingerprint density at radius 2 is 2.38 bits per heavy atom. The summed E-state index contributed by atoms with van der Waals surface area (Å²) in [6.07, 6.45) is 1.84. The molecule has 0 unspecified atom stereocenters. The standard InChI is InChI=1S/C9H10N2OS/c10-3-4-12-8-1-2-9-7(5-8)6-11-13-9/h1-2,5-6H,3-4,10H2. The van der Waals surface area contributed by atoms with E-state index in [1.807, 2.05) is 24.4 Å². The van der Waals surface area contributed by atoms with Crippen LogP contribution in [0.4, 0.5) is 0 Å². The topological polar surface area (TPSA) is 48.1 Å². The highest BCUT2D eigenvalue weighted by molar-refractivity contribution is 7.13. The first-order valence-corrected chi connectivity index (χ1v) is 4.85. The summed E-state index contributed by atoms with van der Waals surface area (Å²) in [5.41, 5.74) is 5.33. The van der Waals surface area contributed by atoms with Gasteiger partial charge in [0.25, 0.3) is 0 Å². The minimum absolute atomic E-state index is 0.542. The van der Waals surface area contributed by atoms with Crippen LogP contribution in [0.5, 0.6) is 5.75 Å². The van der Waals surface area contributed by atoms with Gasteiger partial charge >= 0.3 is 0 Å². The number of aromatic nitrogens is 1. The summed E-state index contributed by atoms with van der Waals surface area (Å²) in [6, 6.07) is 5.93. The van der Waals surface area contributed by atoms with Gasteiger partial charge in [-0.25, -0.2) is 0 Å². The summed E-state index contributed by atoms with van der Waals surface area (Å²) < 4.78 is 10.6. The van der Waals surface area contributed by atoms with Crippen molar-refractivity contribution in [2.45, 2.75) is 0 Å². The molecule has 68 valence electrons. The Kier molecular flexibility index (Phi) is 2.42. The molecule has 2 N–H and O–H groups in total. The minimum atomic E-state index is 0.542. The molecule has 0 aliphatic carbocycles. The van der Waals surface area contributed by atoms with E-state index in [-0.39, 0.29) is 0 Å². The Hall–Kier alpha value is -1.13. The third kappa shape index (κ3) is 1.79. The van der Waals surface area contributed by atoms with Crippen LogP contribution in [-0.4, -0.2) is 17.5 Å². The third-order valence-electron chi connectivity index (χ3n) is 1.71. The minimum Gasteiger partial charge on any atom is -0.492 e. The second-order valence-electron chi connectivity index (χ2n) is 2.66. The number of nitrogens with zero attached hydrogens (tertiary/aromatic N) is 1. The van der Waals surface area contributed by atoms with Gasteiger partial charge in [0, 0.05) is 18.1 Å². The van der Waals surface area contributed by atoms with Crippen molar-refractivity contribution >= 4 is 21.6 Å². The molecule has 1 aromatic carbocycles. The second kappa shape index (κ2) is 3.72. The maximum Gasteiger partial charge on any atom is 0.120 e. The van der Waals surface area contributed by atoms with Crippen LogP contribution in [0.2, 0.25) is 0 Å². The lowest BCUT2D eigenvalue weighted by atomic mass is 10.3. The van der Waals surface area contributed by atoms with E-state index in [1.54, 1.807) is 0 Å². The van der Waals surface area contributed by atoms with Gasteiger partial charge in [-0.1, -0.05) is 0 Å². The smallest absolute Gasteiger partial charge is 0.120 e. The van der Waals surface area contributed by atoms with Gasteiger partial charge in [0.15, 0.2) is 0 Å². The van der Waals surface area contributed by atoms with Crippen LogP contribution >= 0.6 is 11.5 Å². The Morgan fingerprint density at radius 1 is 1.46 bits per heavy atom. The van der Waals surface area contributed by atoms with E-state index in [0.29, 0.717) is 13.2 Å². The average Bonchev–Trinajstić information content (AvgIpc) is 2.61. The van der Waals surface area contributed by atoms with Crippen LogP contribution in [0.3, 0.4) is 0 Å². The highest BCUT2D eigenvalue weighted by atomic mass is 32.1. The number of nitrogens with two attached hydrogens (primary N) is 1. The van der Waals surface area contributed by atoms with E-state index in [2.05, 4.69) is 4.37 Å². The Morgan fingerprint density at radius 3 is 3.23 bits per heavy atom. The number of hydrogen-bond acceptors (Lipinski definition) is 4. The Bertz CT molecular complexity index is 399. The van der Waals surface area contributed by atoms with Crippen molar-refractivity contribution < 1.29 is 4.74 Å². The molecule has 0 aliphatic rings. The first kappa shape index (κ1) is 8.47. The van der Waals surface area contributed by atoms with Crippen molar-refractivity contribution in [3.05, 3.63) is 24.4 Å². The van der Waals surface area contributed by atoms with Crippen LogP contribution in [0.25, 0.3) is 10.1 Å². The normalized spacial score (nSPS) is 10.5. The lowest BCUT2D eigenvalue weighted by Crippen LogP contribution is -2.10. The van der Waals surface area contributed by atoms with Crippen molar-refractivity contribution in [2.24, 2.45) is 5.73 Å². The van der Waals surface area contributed by atoms with Crippen molar-refractivity contribution in [1.82, 2.24) is 4.37 Å².